The summed E-state index contributed by atoms with van der Waals surface area (Å²) < 4.78 is 29.8. The maximum atomic E-state index is 14.5. The molecule has 1 amide bonds. The number of carbonyl (C=O) groups is 1. The van der Waals surface area contributed by atoms with Crippen molar-refractivity contribution in [3.63, 3.8) is 0 Å². The van der Waals surface area contributed by atoms with E-state index >= 15 is 0 Å². The van der Waals surface area contributed by atoms with Gasteiger partial charge >= 0.3 is 0 Å². The highest BCUT2D eigenvalue weighted by Crippen LogP contribution is 2.44. The molecular weight excluding hydrogens is 384 g/mol. The van der Waals surface area contributed by atoms with E-state index in [0.717, 1.165) is 29.6 Å². The molecule has 0 saturated heterocycles. The van der Waals surface area contributed by atoms with Gasteiger partial charge in [0.25, 0.3) is 5.95 Å². The molecule has 28 heavy (non-hydrogen) atoms. The van der Waals surface area contributed by atoms with Gasteiger partial charge in [-0.3, -0.25) is 4.79 Å². The highest BCUT2D eigenvalue weighted by molar-refractivity contribution is 8.00. The SMILES string of the molecule is Cc1cc(C)nc(-n2nc(C)c3c2NC(=O)CS[C@H]3c2cc(F)ccc2F)n1. The Morgan fingerprint density at radius 1 is 1.14 bits per heavy atom. The zero-order valence-electron chi connectivity index (χ0n) is 15.5. The van der Waals surface area contributed by atoms with E-state index < -0.39 is 16.9 Å². The Labute approximate surface area is 164 Å². The van der Waals surface area contributed by atoms with Crippen molar-refractivity contribution < 1.29 is 13.6 Å². The zero-order chi connectivity index (χ0) is 20.0. The third kappa shape index (κ3) is 3.26. The van der Waals surface area contributed by atoms with Gasteiger partial charge in [0, 0.05) is 22.5 Å². The summed E-state index contributed by atoms with van der Waals surface area (Å²) in [4.78, 5) is 21.1. The Morgan fingerprint density at radius 3 is 2.57 bits per heavy atom. The Bertz CT molecular complexity index is 1080. The molecule has 0 bridgehead atoms. The third-order valence-corrected chi connectivity index (χ3v) is 5.66. The molecule has 3 aromatic rings. The van der Waals surface area contributed by atoms with Crippen molar-refractivity contribution in [1.29, 1.82) is 0 Å². The van der Waals surface area contributed by atoms with Crippen LogP contribution in [0, 0.1) is 32.4 Å². The second-order valence-electron chi connectivity index (χ2n) is 6.62. The van der Waals surface area contributed by atoms with Gasteiger partial charge in [0.15, 0.2) is 0 Å². The first-order chi connectivity index (χ1) is 13.3. The molecule has 4 rings (SSSR count). The molecule has 6 nitrogen and oxygen atoms in total. The number of aromatic nitrogens is 4. The van der Waals surface area contributed by atoms with Crippen molar-refractivity contribution in [3.8, 4) is 5.95 Å². The van der Waals surface area contributed by atoms with Gasteiger partial charge in [-0.25, -0.2) is 18.7 Å². The minimum Gasteiger partial charge on any atom is -0.309 e. The van der Waals surface area contributed by atoms with Crippen LogP contribution >= 0.6 is 11.8 Å². The van der Waals surface area contributed by atoms with Gasteiger partial charge in [-0.1, -0.05) is 0 Å². The predicted octanol–water partition coefficient (Wildman–Crippen LogP) is 3.64. The van der Waals surface area contributed by atoms with Gasteiger partial charge in [0.2, 0.25) is 5.91 Å². The molecule has 0 spiro atoms. The number of thioether (sulfide) groups is 1. The van der Waals surface area contributed by atoms with E-state index in [1.165, 1.54) is 16.4 Å². The molecule has 1 aliphatic heterocycles. The Balaban J connectivity index is 1.94. The van der Waals surface area contributed by atoms with E-state index in [1.54, 1.807) is 6.92 Å². The first-order valence-electron chi connectivity index (χ1n) is 8.62. The van der Waals surface area contributed by atoms with Crippen LogP contribution in [0.25, 0.3) is 5.95 Å². The van der Waals surface area contributed by atoms with Crippen LogP contribution in [0.4, 0.5) is 14.6 Å². The molecule has 0 fully saturated rings. The van der Waals surface area contributed by atoms with Crippen LogP contribution in [0.15, 0.2) is 24.3 Å². The van der Waals surface area contributed by atoms with Crippen LogP contribution < -0.4 is 5.32 Å². The number of hydrogen-bond acceptors (Lipinski definition) is 5. The van der Waals surface area contributed by atoms with Crippen molar-refractivity contribution in [2.75, 3.05) is 11.1 Å². The topological polar surface area (TPSA) is 72.7 Å². The molecule has 144 valence electrons. The van der Waals surface area contributed by atoms with Gasteiger partial charge < -0.3 is 5.32 Å². The van der Waals surface area contributed by atoms with Gasteiger partial charge in [0.1, 0.15) is 17.5 Å². The second-order valence-corrected chi connectivity index (χ2v) is 7.71. The van der Waals surface area contributed by atoms with E-state index in [9.17, 15) is 13.6 Å². The molecule has 0 radical (unpaired) electrons. The highest BCUT2D eigenvalue weighted by Gasteiger charge is 2.32. The standard InChI is InChI=1S/C19H17F2N5OS/c1-9-6-10(2)23-19(22-9)26-18-16(11(3)25-26)17(28-8-15(27)24-18)13-7-12(20)4-5-14(13)21/h4-7,17H,8H2,1-3H3,(H,24,27)/t17-/m0/s1. The number of rotatable bonds is 2. The zero-order valence-corrected chi connectivity index (χ0v) is 16.3. The molecule has 1 aromatic carbocycles. The molecule has 0 aliphatic carbocycles. The molecule has 1 aliphatic rings. The molecule has 0 saturated carbocycles. The summed E-state index contributed by atoms with van der Waals surface area (Å²) in [5.41, 5.74) is 2.88. The normalized spacial score (nSPS) is 16.5. The van der Waals surface area contributed by atoms with Crippen LogP contribution in [0.2, 0.25) is 0 Å². The van der Waals surface area contributed by atoms with Gasteiger partial charge in [0.05, 0.1) is 16.7 Å². The Hall–Kier alpha value is -2.81. The van der Waals surface area contributed by atoms with Crippen molar-refractivity contribution >= 4 is 23.5 Å². The summed E-state index contributed by atoms with van der Waals surface area (Å²) in [5, 5.41) is 6.73. The van der Waals surface area contributed by atoms with Crippen LogP contribution in [0.3, 0.4) is 0 Å². The maximum Gasteiger partial charge on any atom is 0.252 e. The monoisotopic (exact) mass is 401 g/mol. The van der Waals surface area contributed by atoms with E-state index in [-0.39, 0.29) is 17.2 Å². The summed E-state index contributed by atoms with van der Waals surface area (Å²) in [7, 11) is 0. The Morgan fingerprint density at radius 2 is 1.86 bits per heavy atom. The lowest BCUT2D eigenvalue weighted by atomic mass is 10.0. The minimum atomic E-state index is -0.593. The molecule has 1 N–H and O–H groups in total. The maximum absolute atomic E-state index is 14.5. The summed E-state index contributed by atoms with van der Waals surface area (Å²) in [6.07, 6.45) is 0. The number of hydrogen-bond donors (Lipinski definition) is 1. The average molecular weight is 401 g/mol. The lowest BCUT2D eigenvalue weighted by molar-refractivity contribution is -0.113. The molecule has 1 atom stereocenters. The summed E-state index contributed by atoms with van der Waals surface area (Å²) in [6, 6.07) is 5.16. The number of nitrogens with one attached hydrogen (secondary N) is 1. The van der Waals surface area contributed by atoms with Crippen molar-refractivity contribution in [2.24, 2.45) is 0 Å². The van der Waals surface area contributed by atoms with E-state index in [2.05, 4.69) is 20.4 Å². The van der Waals surface area contributed by atoms with Crippen LogP contribution in [0.1, 0.15) is 33.5 Å². The van der Waals surface area contributed by atoms with Gasteiger partial charge in [-0.2, -0.15) is 9.78 Å². The van der Waals surface area contributed by atoms with Crippen LogP contribution in [-0.4, -0.2) is 31.4 Å². The minimum absolute atomic E-state index is 0.0996. The third-order valence-electron chi connectivity index (χ3n) is 4.41. The second kappa shape index (κ2) is 6.97. The number of aryl methyl sites for hydroxylation is 3. The number of benzene rings is 1. The number of carbonyl (C=O) groups excluding carboxylic acids is 1. The Kier molecular flexibility index (Phi) is 4.62. The average Bonchev–Trinajstić information content (AvgIpc) is 2.83. The molecular formula is C19H17F2N5OS. The number of fused-ring (bicyclic) bond motifs is 1. The van der Waals surface area contributed by atoms with Crippen molar-refractivity contribution in [3.05, 3.63) is 64.1 Å². The van der Waals surface area contributed by atoms with Crippen LogP contribution in [0.5, 0.6) is 0 Å². The number of amides is 1. The van der Waals surface area contributed by atoms with E-state index in [4.69, 9.17) is 0 Å². The lowest BCUT2D eigenvalue weighted by Crippen LogP contribution is -2.17. The van der Waals surface area contributed by atoms with Crippen molar-refractivity contribution in [1.82, 2.24) is 19.7 Å². The highest BCUT2D eigenvalue weighted by atomic mass is 32.2. The fraction of sp³-hybridized carbons (Fsp3) is 0.263. The summed E-state index contributed by atoms with van der Waals surface area (Å²) in [5.74, 6) is -0.531. The lowest BCUT2D eigenvalue weighted by Gasteiger charge is -2.16. The quantitative estimate of drug-likeness (QED) is 0.710. The molecule has 9 heteroatoms. The van der Waals surface area contributed by atoms with Crippen molar-refractivity contribution in [2.45, 2.75) is 26.0 Å². The summed E-state index contributed by atoms with van der Waals surface area (Å²) in [6.45, 7) is 5.44. The fourth-order valence-electron chi connectivity index (χ4n) is 3.29. The first-order valence-corrected chi connectivity index (χ1v) is 9.67. The fourth-order valence-corrected chi connectivity index (χ4v) is 4.49. The number of nitrogens with zero attached hydrogens (tertiary/aromatic N) is 4. The first kappa shape index (κ1) is 18.5. The van der Waals surface area contributed by atoms with E-state index in [0.29, 0.717) is 23.0 Å². The largest absolute Gasteiger partial charge is 0.309 e. The number of halogens is 2. The molecule has 2 aromatic heterocycles. The van der Waals surface area contributed by atoms with E-state index in [1.807, 2.05) is 19.9 Å². The van der Waals surface area contributed by atoms with Gasteiger partial charge in [-0.05, 0) is 45.0 Å². The predicted molar refractivity (Wildman–Crippen MR) is 103 cm³/mol. The summed E-state index contributed by atoms with van der Waals surface area (Å²) >= 11 is 1.23. The van der Waals surface area contributed by atoms with Crippen LogP contribution in [-0.2, 0) is 4.79 Å². The molecule has 0 unspecified atom stereocenters. The smallest absolute Gasteiger partial charge is 0.252 e. The molecule has 3 heterocycles. The number of anilines is 1. The van der Waals surface area contributed by atoms with Gasteiger partial charge in [-0.15, -0.1) is 11.8 Å².